The first-order valence-corrected chi connectivity index (χ1v) is 7.65. The van der Waals surface area contributed by atoms with E-state index in [1.165, 1.54) is 11.5 Å². The van der Waals surface area contributed by atoms with Gasteiger partial charge >= 0.3 is 0 Å². The van der Waals surface area contributed by atoms with Crippen LogP contribution in [0, 0.1) is 0 Å². The molecule has 90 valence electrons. The number of thioether (sulfide) groups is 2. The van der Waals surface area contributed by atoms with Gasteiger partial charge in [0.15, 0.2) is 5.82 Å². The third-order valence-corrected chi connectivity index (χ3v) is 5.76. The van der Waals surface area contributed by atoms with Gasteiger partial charge in [-0.2, -0.15) is 16.7 Å². The molecule has 2 unspecified atom stereocenters. The van der Waals surface area contributed by atoms with Crippen LogP contribution in [0.5, 0.6) is 0 Å². The van der Waals surface area contributed by atoms with E-state index in [1.54, 1.807) is 0 Å². The lowest BCUT2D eigenvalue weighted by atomic mass is 10.2. The summed E-state index contributed by atoms with van der Waals surface area (Å²) in [7, 11) is 1.88. The molecule has 0 amide bonds. The Morgan fingerprint density at radius 3 is 3.00 bits per heavy atom. The van der Waals surface area contributed by atoms with Crippen molar-refractivity contribution >= 4 is 23.5 Å². The second-order valence-corrected chi connectivity index (χ2v) is 6.28. The Labute approximate surface area is 104 Å². The molecule has 0 saturated carbocycles. The minimum absolute atomic E-state index is 0.401. The van der Waals surface area contributed by atoms with Crippen LogP contribution in [0.1, 0.15) is 30.3 Å². The van der Waals surface area contributed by atoms with Crippen LogP contribution < -0.4 is 5.32 Å². The maximum atomic E-state index is 5.20. The van der Waals surface area contributed by atoms with Gasteiger partial charge in [-0.25, -0.2) is 0 Å². The largest absolute Gasteiger partial charge is 0.338 e. The number of nitrogens with zero attached hydrogens (tertiary/aromatic N) is 2. The molecule has 0 aliphatic carbocycles. The molecule has 0 aromatic carbocycles. The van der Waals surface area contributed by atoms with Gasteiger partial charge in [0.05, 0.1) is 11.8 Å². The minimum atomic E-state index is 0.401. The Morgan fingerprint density at radius 1 is 1.44 bits per heavy atom. The SMILES string of the molecule is CCC1SCCSC1c1noc(CNC)n1. The molecule has 2 rings (SSSR count). The Kier molecular flexibility index (Phi) is 4.55. The molecule has 1 fully saturated rings. The van der Waals surface area contributed by atoms with Crippen molar-refractivity contribution in [2.75, 3.05) is 18.6 Å². The Balaban J connectivity index is 2.08. The van der Waals surface area contributed by atoms with Gasteiger partial charge in [0.2, 0.25) is 5.89 Å². The quantitative estimate of drug-likeness (QED) is 0.893. The number of rotatable bonds is 4. The second kappa shape index (κ2) is 5.93. The zero-order chi connectivity index (χ0) is 11.4. The highest BCUT2D eigenvalue weighted by Gasteiger charge is 2.30. The summed E-state index contributed by atoms with van der Waals surface area (Å²) < 4.78 is 5.20. The normalized spacial score (nSPS) is 25.9. The number of hydrogen-bond acceptors (Lipinski definition) is 6. The van der Waals surface area contributed by atoms with Crippen LogP contribution in [0.3, 0.4) is 0 Å². The van der Waals surface area contributed by atoms with Crippen molar-refractivity contribution in [1.82, 2.24) is 15.5 Å². The molecular weight excluding hydrogens is 242 g/mol. The first-order valence-electron chi connectivity index (χ1n) is 5.55. The lowest BCUT2D eigenvalue weighted by Crippen LogP contribution is -2.19. The summed E-state index contributed by atoms with van der Waals surface area (Å²) in [4.78, 5) is 4.45. The molecule has 1 aliphatic rings. The average Bonchev–Trinajstić information content (AvgIpc) is 2.78. The van der Waals surface area contributed by atoms with Gasteiger partial charge in [0.25, 0.3) is 0 Å². The van der Waals surface area contributed by atoms with E-state index in [1.807, 2.05) is 30.6 Å². The van der Waals surface area contributed by atoms with E-state index in [4.69, 9.17) is 4.52 Å². The lowest BCUT2D eigenvalue weighted by Gasteiger charge is -2.27. The molecule has 2 atom stereocenters. The van der Waals surface area contributed by atoms with Gasteiger partial charge in [-0.3, -0.25) is 0 Å². The van der Waals surface area contributed by atoms with Crippen LogP contribution in [0.4, 0.5) is 0 Å². The van der Waals surface area contributed by atoms with Crippen LogP contribution in [0.25, 0.3) is 0 Å². The topological polar surface area (TPSA) is 51.0 Å². The average molecular weight is 259 g/mol. The predicted octanol–water partition coefficient (Wildman–Crippen LogP) is 2.09. The summed E-state index contributed by atoms with van der Waals surface area (Å²) in [5, 5.41) is 8.14. The van der Waals surface area contributed by atoms with Crippen molar-refractivity contribution < 1.29 is 4.52 Å². The maximum Gasteiger partial charge on any atom is 0.240 e. The van der Waals surface area contributed by atoms with E-state index in [-0.39, 0.29) is 0 Å². The fraction of sp³-hybridized carbons (Fsp3) is 0.800. The van der Waals surface area contributed by atoms with Gasteiger partial charge in [0, 0.05) is 16.8 Å². The summed E-state index contributed by atoms with van der Waals surface area (Å²) in [5.74, 6) is 3.97. The van der Waals surface area contributed by atoms with Crippen molar-refractivity contribution in [3.05, 3.63) is 11.7 Å². The van der Waals surface area contributed by atoms with E-state index in [0.29, 0.717) is 22.9 Å². The lowest BCUT2D eigenvalue weighted by molar-refractivity contribution is 0.366. The zero-order valence-corrected chi connectivity index (χ0v) is 11.2. The second-order valence-electron chi connectivity index (χ2n) is 3.69. The Hall–Kier alpha value is -0.200. The highest BCUT2D eigenvalue weighted by atomic mass is 32.2. The van der Waals surface area contributed by atoms with E-state index < -0.39 is 0 Å². The predicted molar refractivity (Wildman–Crippen MR) is 68.8 cm³/mol. The number of hydrogen-bond donors (Lipinski definition) is 1. The van der Waals surface area contributed by atoms with Crippen LogP contribution in [-0.2, 0) is 6.54 Å². The molecule has 2 heterocycles. The Morgan fingerprint density at radius 2 is 2.25 bits per heavy atom. The van der Waals surface area contributed by atoms with Gasteiger partial charge in [0.1, 0.15) is 0 Å². The first kappa shape index (κ1) is 12.3. The summed E-state index contributed by atoms with van der Waals surface area (Å²) in [6.45, 7) is 2.87. The highest BCUT2D eigenvalue weighted by Crippen LogP contribution is 2.42. The third kappa shape index (κ3) is 2.73. The Bertz CT molecular complexity index is 332. The molecule has 1 aromatic rings. The van der Waals surface area contributed by atoms with Crippen molar-refractivity contribution in [3.63, 3.8) is 0 Å². The van der Waals surface area contributed by atoms with E-state index in [0.717, 1.165) is 12.2 Å². The van der Waals surface area contributed by atoms with Crippen molar-refractivity contribution in [2.24, 2.45) is 0 Å². The summed E-state index contributed by atoms with van der Waals surface area (Å²) >= 11 is 3.98. The third-order valence-electron chi connectivity index (χ3n) is 2.52. The fourth-order valence-corrected chi connectivity index (χ4v) is 4.73. The van der Waals surface area contributed by atoms with Crippen molar-refractivity contribution in [2.45, 2.75) is 30.4 Å². The summed E-state index contributed by atoms with van der Waals surface area (Å²) in [6, 6.07) is 0. The molecule has 1 N–H and O–H groups in total. The molecular formula is C10H17N3OS2. The monoisotopic (exact) mass is 259 g/mol. The van der Waals surface area contributed by atoms with Crippen LogP contribution in [0.2, 0.25) is 0 Å². The van der Waals surface area contributed by atoms with Gasteiger partial charge in [-0.1, -0.05) is 12.1 Å². The number of aromatic nitrogens is 2. The molecule has 0 radical (unpaired) electrons. The summed E-state index contributed by atoms with van der Waals surface area (Å²) in [5.41, 5.74) is 0. The van der Waals surface area contributed by atoms with Crippen LogP contribution in [-0.4, -0.2) is 33.9 Å². The molecule has 6 heteroatoms. The van der Waals surface area contributed by atoms with E-state index in [9.17, 15) is 0 Å². The van der Waals surface area contributed by atoms with Crippen LogP contribution >= 0.6 is 23.5 Å². The summed E-state index contributed by atoms with van der Waals surface area (Å²) in [6.07, 6.45) is 1.16. The van der Waals surface area contributed by atoms with E-state index in [2.05, 4.69) is 22.4 Å². The molecule has 1 aliphatic heterocycles. The van der Waals surface area contributed by atoms with Crippen molar-refractivity contribution in [3.8, 4) is 0 Å². The minimum Gasteiger partial charge on any atom is -0.338 e. The molecule has 1 aromatic heterocycles. The fourth-order valence-electron chi connectivity index (χ4n) is 1.75. The highest BCUT2D eigenvalue weighted by molar-refractivity contribution is 8.06. The molecule has 0 bridgehead atoms. The van der Waals surface area contributed by atoms with Crippen LogP contribution in [0.15, 0.2) is 4.52 Å². The van der Waals surface area contributed by atoms with Crippen molar-refractivity contribution in [1.29, 1.82) is 0 Å². The first-order chi connectivity index (χ1) is 7.85. The molecule has 4 nitrogen and oxygen atoms in total. The number of nitrogens with one attached hydrogen (secondary N) is 1. The zero-order valence-electron chi connectivity index (χ0n) is 9.60. The van der Waals surface area contributed by atoms with Gasteiger partial charge < -0.3 is 9.84 Å². The molecule has 1 saturated heterocycles. The molecule has 16 heavy (non-hydrogen) atoms. The van der Waals surface area contributed by atoms with Gasteiger partial charge in [-0.15, -0.1) is 11.8 Å². The smallest absolute Gasteiger partial charge is 0.240 e. The van der Waals surface area contributed by atoms with E-state index >= 15 is 0 Å². The van der Waals surface area contributed by atoms with Gasteiger partial charge in [-0.05, 0) is 13.5 Å². The molecule has 0 spiro atoms. The maximum absolute atomic E-state index is 5.20. The standard InChI is InChI=1S/C10H17N3OS2/c1-3-7-9(16-5-4-15-7)10-12-8(6-11-2)14-13-10/h7,9,11H,3-6H2,1-2H3.